The van der Waals surface area contributed by atoms with Crippen LogP contribution in [-0.2, 0) is 4.74 Å². The zero-order valence-electron chi connectivity index (χ0n) is 15.6. The number of aromatic nitrogens is 2. The van der Waals surface area contributed by atoms with Crippen LogP contribution in [0.25, 0.3) is 16.9 Å². The van der Waals surface area contributed by atoms with E-state index < -0.39 is 5.91 Å². The molecule has 1 atom stereocenters. The molecule has 0 unspecified atom stereocenters. The fourth-order valence-electron chi connectivity index (χ4n) is 3.29. The molecule has 0 bridgehead atoms. The number of benzene rings is 2. The molecule has 1 fully saturated rings. The Labute approximate surface area is 163 Å². The topological polar surface area (TPSA) is 91.4 Å². The fraction of sp³-hybridized carbons (Fsp3) is 0.238. The highest BCUT2D eigenvalue weighted by molar-refractivity contribution is 5.93. The molecule has 0 spiro atoms. The molecule has 4 rings (SSSR count). The minimum atomic E-state index is -0.537. The Kier molecular flexibility index (Phi) is 5.10. The summed E-state index contributed by atoms with van der Waals surface area (Å²) in [6.07, 6.45) is 0.0309. The molecule has 7 heteroatoms. The molecule has 28 heavy (non-hydrogen) atoms. The summed E-state index contributed by atoms with van der Waals surface area (Å²) in [7, 11) is 1.61. The Hall–Kier alpha value is -3.16. The third-order valence-corrected chi connectivity index (χ3v) is 4.76. The van der Waals surface area contributed by atoms with E-state index in [4.69, 9.17) is 15.2 Å². The standard InChI is InChI=1S/C21H22N4O3/c1-27-17-4-2-3-15(11-17)18-12-19(21(22)26)25(24-18)16-7-5-14(6-8-16)20-13-23-9-10-28-20/h2-8,11-12,20,23H,9-10,13H2,1H3,(H2,22,26)/t20-/m1/s1. The molecule has 1 aliphatic heterocycles. The lowest BCUT2D eigenvalue weighted by atomic mass is 10.1. The van der Waals surface area contributed by atoms with Gasteiger partial charge in [0.1, 0.15) is 11.4 Å². The number of nitrogens with one attached hydrogen (secondary N) is 1. The molecule has 0 saturated carbocycles. The molecule has 7 nitrogen and oxygen atoms in total. The molecule has 0 radical (unpaired) electrons. The zero-order valence-corrected chi connectivity index (χ0v) is 15.6. The Morgan fingerprint density at radius 1 is 1.25 bits per heavy atom. The van der Waals surface area contributed by atoms with Crippen LogP contribution < -0.4 is 15.8 Å². The quantitative estimate of drug-likeness (QED) is 0.711. The third kappa shape index (κ3) is 3.62. The molecule has 1 amide bonds. The number of carbonyl (C=O) groups excluding carboxylic acids is 1. The molecule has 1 saturated heterocycles. The smallest absolute Gasteiger partial charge is 0.267 e. The Morgan fingerprint density at radius 2 is 2.07 bits per heavy atom. The molecule has 1 aliphatic rings. The minimum Gasteiger partial charge on any atom is -0.497 e. The number of nitrogens with zero attached hydrogens (tertiary/aromatic N) is 2. The number of amides is 1. The number of morpholine rings is 1. The van der Waals surface area contributed by atoms with E-state index in [9.17, 15) is 4.79 Å². The number of ether oxygens (including phenoxy) is 2. The van der Waals surface area contributed by atoms with Gasteiger partial charge in [-0.3, -0.25) is 4.79 Å². The van der Waals surface area contributed by atoms with Crippen molar-refractivity contribution in [2.45, 2.75) is 6.10 Å². The van der Waals surface area contributed by atoms with Crippen molar-refractivity contribution in [1.82, 2.24) is 15.1 Å². The summed E-state index contributed by atoms with van der Waals surface area (Å²) in [6.45, 7) is 2.35. The summed E-state index contributed by atoms with van der Waals surface area (Å²) in [5.41, 5.74) is 9.25. The van der Waals surface area contributed by atoms with Crippen LogP contribution in [0.1, 0.15) is 22.2 Å². The van der Waals surface area contributed by atoms with Crippen molar-refractivity contribution in [3.63, 3.8) is 0 Å². The van der Waals surface area contributed by atoms with E-state index >= 15 is 0 Å². The van der Waals surface area contributed by atoms with Crippen molar-refractivity contribution in [2.24, 2.45) is 5.73 Å². The second-order valence-corrected chi connectivity index (χ2v) is 6.58. The number of methoxy groups -OCH3 is 1. The molecule has 3 N–H and O–H groups in total. The highest BCUT2D eigenvalue weighted by Gasteiger charge is 2.18. The van der Waals surface area contributed by atoms with Gasteiger partial charge in [-0.05, 0) is 35.9 Å². The second-order valence-electron chi connectivity index (χ2n) is 6.58. The van der Waals surface area contributed by atoms with Crippen LogP contribution in [0.3, 0.4) is 0 Å². The maximum absolute atomic E-state index is 12.0. The number of primary amides is 1. The monoisotopic (exact) mass is 378 g/mol. The van der Waals surface area contributed by atoms with Gasteiger partial charge in [0.25, 0.3) is 5.91 Å². The molecule has 1 aromatic heterocycles. The van der Waals surface area contributed by atoms with Crippen LogP contribution in [0.5, 0.6) is 5.75 Å². The summed E-state index contributed by atoms with van der Waals surface area (Å²) >= 11 is 0. The van der Waals surface area contributed by atoms with Crippen LogP contribution in [0, 0.1) is 0 Å². The van der Waals surface area contributed by atoms with E-state index in [1.54, 1.807) is 17.9 Å². The lowest BCUT2D eigenvalue weighted by Crippen LogP contribution is -2.33. The van der Waals surface area contributed by atoms with Crippen molar-refractivity contribution < 1.29 is 14.3 Å². The average Bonchev–Trinajstić information content (AvgIpc) is 3.20. The van der Waals surface area contributed by atoms with Gasteiger partial charge in [0.2, 0.25) is 0 Å². The zero-order chi connectivity index (χ0) is 19.5. The molecule has 2 aromatic carbocycles. The Morgan fingerprint density at radius 3 is 2.75 bits per heavy atom. The van der Waals surface area contributed by atoms with Gasteiger partial charge < -0.3 is 20.5 Å². The lowest BCUT2D eigenvalue weighted by molar-refractivity contribution is 0.0277. The lowest BCUT2D eigenvalue weighted by Gasteiger charge is -2.24. The van der Waals surface area contributed by atoms with E-state index in [0.717, 1.165) is 35.7 Å². The molecule has 3 aromatic rings. The number of rotatable bonds is 5. The van der Waals surface area contributed by atoms with E-state index in [2.05, 4.69) is 10.4 Å². The predicted molar refractivity (Wildman–Crippen MR) is 106 cm³/mol. The number of nitrogens with two attached hydrogens (primary N) is 1. The van der Waals surface area contributed by atoms with Gasteiger partial charge in [0.15, 0.2) is 0 Å². The molecule has 0 aliphatic carbocycles. The van der Waals surface area contributed by atoms with Gasteiger partial charge >= 0.3 is 0 Å². The Balaban J connectivity index is 1.68. The summed E-state index contributed by atoms with van der Waals surface area (Å²) in [5.74, 6) is 0.184. The maximum atomic E-state index is 12.0. The van der Waals surface area contributed by atoms with Crippen molar-refractivity contribution in [3.05, 3.63) is 65.9 Å². The summed E-state index contributed by atoms with van der Waals surface area (Å²) in [5, 5.41) is 7.93. The average molecular weight is 378 g/mol. The van der Waals surface area contributed by atoms with Gasteiger partial charge in [-0.15, -0.1) is 0 Å². The molecule has 144 valence electrons. The van der Waals surface area contributed by atoms with E-state index in [1.807, 2.05) is 48.5 Å². The van der Waals surface area contributed by atoms with Gasteiger partial charge in [0, 0.05) is 18.7 Å². The van der Waals surface area contributed by atoms with Crippen molar-refractivity contribution >= 4 is 5.91 Å². The first-order valence-corrected chi connectivity index (χ1v) is 9.12. The van der Waals surface area contributed by atoms with Gasteiger partial charge in [0.05, 0.1) is 31.2 Å². The van der Waals surface area contributed by atoms with Crippen molar-refractivity contribution in [2.75, 3.05) is 26.8 Å². The largest absolute Gasteiger partial charge is 0.497 e. The van der Waals surface area contributed by atoms with Crippen LogP contribution in [0.2, 0.25) is 0 Å². The predicted octanol–water partition coefficient (Wildman–Crippen LogP) is 2.31. The first-order chi connectivity index (χ1) is 13.7. The second kappa shape index (κ2) is 7.84. The van der Waals surface area contributed by atoms with Crippen LogP contribution >= 0.6 is 0 Å². The summed E-state index contributed by atoms with van der Waals surface area (Å²) in [4.78, 5) is 12.0. The first kappa shape index (κ1) is 18.2. The van der Waals surface area contributed by atoms with E-state index in [1.165, 1.54) is 0 Å². The molecular formula is C21H22N4O3. The van der Waals surface area contributed by atoms with E-state index in [-0.39, 0.29) is 6.10 Å². The molecular weight excluding hydrogens is 356 g/mol. The number of hydrogen-bond acceptors (Lipinski definition) is 5. The summed E-state index contributed by atoms with van der Waals surface area (Å²) in [6, 6.07) is 17.0. The van der Waals surface area contributed by atoms with Crippen molar-refractivity contribution in [1.29, 1.82) is 0 Å². The highest BCUT2D eigenvalue weighted by Crippen LogP contribution is 2.26. The van der Waals surface area contributed by atoms with Crippen LogP contribution in [0.15, 0.2) is 54.6 Å². The third-order valence-electron chi connectivity index (χ3n) is 4.76. The van der Waals surface area contributed by atoms with Crippen molar-refractivity contribution in [3.8, 4) is 22.7 Å². The number of carbonyl (C=O) groups is 1. The Bertz CT molecular complexity index is 976. The normalized spacial score (nSPS) is 16.7. The van der Waals surface area contributed by atoms with Crippen LogP contribution in [0.4, 0.5) is 0 Å². The van der Waals surface area contributed by atoms with Gasteiger partial charge in [-0.2, -0.15) is 5.10 Å². The van der Waals surface area contributed by atoms with Gasteiger partial charge in [-0.25, -0.2) is 4.68 Å². The van der Waals surface area contributed by atoms with Gasteiger partial charge in [-0.1, -0.05) is 24.3 Å². The SMILES string of the molecule is COc1cccc(-c2cc(C(N)=O)n(-c3ccc([C@H]4CNCCO4)cc3)n2)c1. The number of hydrogen-bond donors (Lipinski definition) is 2. The minimum absolute atomic E-state index is 0.0309. The fourth-order valence-corrected chi connectivity index (χ4v) is 3.29. The maximum Gasteiger partial charge on any atom is 0.267 e. The molecule has 2 heterocycles. The summed E-state index contributed by atoms with van der Waals surface area (Å²) < 4.78 is 12.6. The van der Waals surface area contributed by atoms with E-state index in [0.29, 0.717) is 18.0 Å². The first-order valence-electron chi connectivity index (χ1n) is 9.12. The van der Waals surface area contributed by atoms with Crippen LogP contribution in [-0.4, -0.2) is 42.5 Å². The highest BCUT2D eigenvalue weighted by atomic mass is 16.5.